The number of rotatable bonds is 3. The smallest absolute Gasteiger partial charge is 0.380 e. The van der Waals surface area contributed by atoms with Crippen LogP contribution in [-0.4, -0.2) is 31.2 Å². The zero-order valence-corrected chi connectivity index (χ0v) is 12.1. The maximum Gasteiger partial charge on any atom is 0.416 e. The van der Waals surface area contributed by atoms with Crippen LogP contribution >= 0.6 is 15.9 Å². The lowest BCUT2D eigenvalue weighted by molar-refractivity contribution is -0.137. The topological polar surface area (TPSA) is 12.5 Å². The van der Waals surface area contributed by atoms with Gasteiger partial charge in [-0.3, -0.25) is 4.90 Å². The predicted octanol–water partition coefficient (Wildman–Crippen LogP) is 3.69. The van der Waals surface area contributed by atoms with Crippen molar-refractivity contribution in [3.63, 3.8) is 0 Å². The Morgan fingerprint density at radius 3 is 2.68 bits per heavy atom. The number of likely N-dealkylation sites (tertiary alicyclic amines) is 1. The number of nitrogens with zero attached hydrogens (tertiary/aromatic N) is 1. The lowest BCUT2D eigenvalue weighted by atomic mass is 10.1. The van der Waals surface area contributed by atoms with Crippen LogP contribution < -0.4 is 0 Å². The van der Waals surface area contributed by atoms with Crippen LogP contribution in [0.2, 0.25) is 0 Å². The van der Waals surface area contributed by atoms with Gasteiger partial charge in [-0.1, -0.05) is 22.0 Å². The molecule has 0 bridgehead atoms. The number of methoxy groups -OCH3 is 1. The summed E-state index contributed by atoms with van der Waals surface area (Å²) in [5.41, 5.74) is 0.240. The summed E-state index contributed by atoms with van der Waals surface area (Å²) in [6.45, 7) is 2.37. The van der Waals surface area contributed by atoms with Crippen LogP contribution in [0.1, 0.15) is 17.5 Å². The minimum absolute atomic E-state index is 0.230. The zero-order chi connectivity index (χ0) is 14.0. The Morgan fingerprint density at radius 2 is 2.16 bits per heavy atom. The van der Waals surface area contributed by atoms with Crippen molar-refractivity contribution in [3.8, 4) is 0 Å². The molecule has 0 spiro atoms. The molecule has 0 N–H and O–H groups in total. The molecule has 6 heteroatoms. The average molecular weight is 338 g/mol. The number of alkyl halides is 3. The average Bonchev–Trinajstić information content (AvgIpc) is 2.78. The predicted molar refractivity (Wildman–Crippen MR) is 69.8 cm³/mol. The first-order valence-corrected chi connectivity index (χ1v) is 6.80. The summed E-state index contributed by atoms with van der Waals surface area (Å²) in [5, 5.41) is 0. The lowest BCUT2D eigenvalue weighted by Gasteiger charge is -2.17. The minimum Gasteiger partial charge on any atom is -0.380 e. The molecular weight excluding hydrogens is 323 g/mol. The molecular formula is C13H15BrF3NO. The van der Waals surface area contributed by atoms with Gasteiger partial charge in [-0.15, -0.1) is 0 Å². The van der Waals surface area contributed by atoms with Gasteiger partial charge in [0.2, 0.25) is 0 Å². The van der Waals surface area contributed by atoms with Gasteiger partial charge in [-0.25, -0.2) is 0 Å². The summed E-state index contributed by atoms with van der Waals surface area (Å²) in [6.07, 6.45) is -3.10. The summed E-state index contributed by atoms with van der Waals surface area (Å²) < 4.78 is 43.4. The SMILES string of the molecule is COC1CCN(Cc2ccc(C(F)(F)F)cc2Br)C1. The standard InChI is InChI=1S/C13H15BrF3NO/c1-19-11-4-5-18(8-11)7-9-2-3-10(6-12(9)14)13(15,16)17/h2-3,6,11H,4-5,7-8H2,1H3. The Balaban J connectivity index is 2.06. The molecule has 0 amide bonds. The van der Waals surface area contributed by atoms with Gasteiger partial charge < -0.3 is 4.74 Å². The van der Waals surface area contributed by atoms with Crippen LogP contribution in [0.25, 0.3) is 0 Å². The van der Waals surface area contributed by atoms with Crippen molar-refractivity contribution in [1.82, 2.24) is 4.90 Å². The van der Waals surface area contributed by atoms with E-state index >= 15 is 0 Å². The van der Waals surface area contributed by atoms with Crippen molar-refractivity contribution in [3.05, 3.63) is 33.8 Å². The fourth-order valence-corrected chi connectivity index (χ4v) is 2.73. The van der Waals surface area contributed by atoms with E-state index in [4.69, 9.17) is 4.74 Å². The Morgan fingerprint density at radius 1 is 1.42 bits per heavy atom. The van der Waals surface area contributed by atoms with Crippen LogP contribution in [0, 0.1) is 0 Å². The van der Waals surface area contributed by atoms with Crippen LogP contribution in [0.4, 0.5) is 13.2 Å². The molecule has 19 heavy (non-hydrogen) atoms. The second-order valence-corrected chi connectivity index (χ2v) is 5.54. The summed E-state index contributed by atoms with van der Waals surface area (Å²) in [6, 6.07) is 3.80. The fourth-order valence-electron chi connectivity index (χ4n) is 2.23. The summed E-state index contributed by atoms with van der Waals surface area (Å²) >= 11 is 3.22. The third kappa shape index (κ3) is 3.70. The monoisotopic (exact) mass is 337 g/mol. The molecule has 0 saturated carbocycles. The van der Waals surface area contributed by atoms with Crippen molar-refractivity contribution in [2.45, 2.75) is 25.2 Å². The molecule has 1 aromatic rings. The third-order valence-electron chi connectivity index (χ3n) is 3.34. The van der Waals surface area contributed by atoms with Gasteiger partial charge in [0.15, 0.2) is 0 Å². The van der Waals surface area contributed by atoms with E-state index in [0.29, 0.717) is 11.0 Å². The summed E-state index contributed by atoms with van der Waals surface area (Å²) in [7, 11) is 1.68. The Kier molecular flexibility index (Phi) is 4.53. The van der Waals surface area contributed by atoms with E-state index in [-0.39, 0.29) is 6.10 Å². The van der Waals surface area contributed by atoms with Gasteiger partial charge >= 0.3 is 6.18 Å². The molecule has 2 rings (SSSR count). The molecule has 1 aliphatic rings. The largest absolute Gasteiger partial charge is 0.416 e. The number of hydrogen-bond donors (Lipinski definition) is 0. The maximum atomic E-state index is 12.6. The second kappa shape index (κ2) is 5.81. The molecule has 0 radical (unpaired) electrons. The Labute approximate surface area is 118 Å². The quantitative estimate of drug-likeness (QED) is 0.834. The van der Waals surface area contributed by atoms with Crippen LogP contribution in [0.3, 0.4) is 0 Å². The van der Waals surface area contributed by atoms with Crippen LogP contribution in [0.5, 0.6) is 0 Å². The Hall–Kier alpha value is -0.590. The van der Waals surface area contributed by atoms with Crippen LogP contribution in [0.15, 0.2) is 22.7 Å². The van der Waals surface area contributed by atoms with E-state index in [2.05, 4.69) is 20.8 Å². The minimum atomic E-state index is -4.30. The second-order valence-electron chi connectivity index (χ2n) is 4.69. The molecule has 106 valence electrons. The summed E-state index contributed by atoms with van der Waals surface area (Å²) in [4.78, 5) is 2.18. The molecule has 1 aliphatic heterocycles. The van der Waals surface area contributed by atoms with Gasteiger partial charge in [0.25, 0.3) is 0 Å². The molecule has 0 aliphatic carbocycles. The van der Waals surface area contributed by atoms with Gasteiger partial charge in [0.1, 0.15) is 0 Å². The van der Waals surface area contributed by atoms with Crippen molar-refractivity contribution in [2.75, 3.05) is 20.2 Å². The van der Waals surface area contributed by atoms with E-state index in [1.54, 1.807) is 7.11 Å². The van der Waals surface area contributed by atoms with Crippen LogP contribution in [-0.2, 0) is 17.5 Å². The van der Waals surface area contributed by atoms with E-state index in [1.165, 1.54) is 6.07 Å². The first-order valence-electron chi connectivity index (χ1n) is 6.01. The highest BCUT2D eigenvalue weighted by molar-refractivity contribution is 9.10. The zero-order valence-electron chi connectivity index (χ0n) is 10.5. The molecule has 1 fully saturated rings. The highest BCUT2D eigenvalue weighted by Gasteiger charge is 2.31. The highest BCUT2D eigenvalue weighted by Crippen LogP contribution is 2.32. The number of ether oxygens (including phenoxy) is 1. The fraction of sp³-hybridized carbons (Fsp3) is 0.538. The molecule has 2 nitrogen and oxygen atoms in total. The molecule has 1 saturated heterocycles. The van der Waals surface area contributed by atoms with Crippen molar-refractivity contribution in [2.24, 2.45) is 0 Å². The Bertz CT molecular complexity index is 450. The number of hydrogen-bond acceptors (Lipinski definition) is 2. The summed E-state index contributed by atoms with van der Waals surface area (Å²) in [5.74, 6) is 0. The van der Waals surface area contributed by atoms with Gasteiger partial charge in [-0.05, 0) is 24.1 Å². The van der Waals surface area contributed by atoms with Gasteiger partial charge in [0, 0.05) is 31.2 Å². The first-order chi connectivity index (χ1) is 8.90. The molecule has 1 atom stereocenters. The molecule has 0 aromatic heterocycles. The lowest BCUT2D eigenvalue weighted by Crippen LogP contribution is -2.22. The highest BCUT2D eigenvalue weighted by atomic mass is 79.9. The van der Waals surface area contributed by atoms with Gasteiger partial charge in [0.05, 0.1) is 11.7 Å². The van der Waals surface area contributed by atoms with E-state index in [0.717, 1.165) is 37.2 Å². The maximum absolute atomic E-state index is 12.6. The van der Waals surface area contributed by atoms with Crippen molar-refractivity contribution >= 4 is 15.9 Å². The van der Waals surface area contributed by atoms with E-state index in [9.17, 15) is 13.2 Å². The van der Waals surface area contributed by atoms with E-state index < -0.39 is 11.7 Å². The number of benzene rings is 1. The van der Waals surface area contributed by atoms with Crippen molar-refractivity contribution < 1.29 is 17.9 Å². The van der Waals surface area contributed by atoms with Crippen molar-refractivity contribution in [1.29, 1.82) is 0 Å². The van der Waals surface area contributed by atoms with Gasteiger partial charge in [-0.2, -0.15) is 13.2 Å². The molecule has 1 heterocycles. The third-order valence-corrected chi connectivity index (χ3v) is 4.08. The normalized spacial score (nSPS) is 21.0. The molecule has 1 unspecified atom stereocenters. The first kappa shape index (κ1) is 14.8. The number of halogens is 4. The van der Waals surface area contributed by atoms with E-state index in [1.807, 2.05) is 0 Å². The molecule has 1 aromatic carbocycles.